The fraction of sp³-hybridized carbons (Fsp3) is 0.375. The fourth-order valence-corrected chi connectivity index (χ4v) is 5.99. The van der Waals surface area contributed by atoms with Crippen molar-refractivity contribution in [1.82, 2.24) is 29.9 Å². The molecule has 0 radical (unpaired) electrons. The lowest BCUT2D eigenvalue weighted by atomic mass is 9.86. The Kier molecular flexibility index (Phi) is 11.2. The lowest BCUT2D eigenvalue weighted by molar-refractivity contribution is 0.262. The summed E-state index contributed by atoms with van der Waals surface area (Å²) >= 11 is 0. The molecule has 0 unspecified atom stereocenters. The first-order valence-corrected chi connectivity index (χ1v) is 20.1. The van der Waals surface area contributed by atoms with Gasteiger partial charge in [0.15, 0.2) is 23.0 Å². The molecule has 1 aliphatic rings. The van der Waals surface area contributed by atoms with E-state index in [2.05, 4.69) is 41.5 Å². The van der Waals surface area contributed by atoms with Gasteiger partial charge in [-0.1, -0.05) is 144 Å². The van der Waals surface area contributed by atoms with Crippen molar-refractivity contribution in [1.29, 1.82) is 0 Å². The van der Waals surface area contributed by atoms with Gasteiger partial charge in [0.1, 0.15) is 24.9 Å². The molecular formula is C48H54N6O6. The van der Waals surface area contributed by atoms with Gasteiger partial charge in [-0.3, -0.25) is 0 Å². The van der Waals surface area contributed by atoms with E-state index in [-0.39, 0.29) is 59.6 Å². The predicted molar refractivity (Wildman–Crippen MR) is 229 cm³/mol. The highest BCUT2D eigenvalue weighted by Crippen LogP contribution is 2.48. The fourth-order valence-electron chi connectivity index (χ4n) is 5.99. The second kappa shape index (κ2) is 16.0. The van der Waals surface area contributed by atoms with E-state index in [1.165, 1.54) is 0 Å². The van der Waals surface area contributed by atoms with Crippen LogP contribution in [0.15, 0.2) is 84.9 Å². The largest absolute Gasteiger partial charge is 0.482 e. The van der Waals surface area contributed by atoms with E-state index in [9.17, 15) is 0 Å². The molecule has 0 N–H and O–H groups in total. The highest BCUT2D eigenvalue weighted by Gasteiger charge is 2.30. The molecule has 0 saturated carbocycles. The molecule has 0 saturated heterocycles. The Morgan fingerprint density at radius 3 is 0.917 bits per heavy atom. The van der Waals surface area contributed by atoms with Crippen LogP contribution in [0.4, 0.5) is 0 Å². The van der Waals surface area contributed by atoms with Crippen LogP contribution >= 0.6 is 0 Å². The molecular weight excluding hydrogens is 757 g/mol. The Balaban J connectivity index is 1.50. The molecule has 7 rings (SSSR count). The van der Waals surface area contributed by atoms with Gasteiger partial charge in [0, 0.05) is 10.8 Å². The van der Waals surface area contributed by atoms with E-state index >= 15 is 0 Å². The number of rotatable bonds is 6. The van der Waals surface area contributed by atoms with Gasteiger partial charge in [-0.25, -0.2) is 0 Å². The number of fused-ring (bicyclic) bond motifs is 8. The van der Waals surface area contributed by atoms with Gasteiger partial charge in [0.05, 0.1) is 0 Å². The summed E-state index contributed by atoms with van der Waals surface area (Å²) in [6, 6.07) is 27.3. The first-order valence-electron chi connectivity index (χ1n) is 20.1. The Hall–Kier alpha value is -6.30. The molecule has 3 heterocycles. The third-order valence-electron chi connectivity index (χ3n) is 9.56. The lowest BCUT2D eigenvalue weighted by Crippen LogP contribution is -2.19. The molecule has 0 amide bonds. The minimum absolute atomic E-state index is 0.00809. The van der Waals surface area contributed by atoms with Crippen LogP contribution in [-0.2, 0) is 34.9 Å². The number of hydrogen-bond donors (Lipinski definition) is 0. The van der Waals surface area contributed by atoms with Gasteiger partial charge in [0.2, 0.25) is 11.5 Å². The maximum Gasteiger partial charge on any atom is 0.328 e. The molecule has 312 valence electrons. The van der Waals surface area contributed by atoms with Gasteiger partial charge in [-0.2, -0.15) is 19.9 Å². The summed E-state index contributed by atoms with van der Waals surface area (Å²) in [4.78, 5) is 28.8. The van der Waals surface area contributed by atoms with Gasteiger partial charge in [-0.05, 0) is 57.3 Å². The summed E-state index contributed by atoms with van der Waals surface area (Å²) in [6.45, 7) is 25.1. The van der Waals surface area contributed by atoms with Crippen LogP contribution in [0.3, 0.4) is 0 Å². The van der Waals surface area contributed by atoms with Crippen LogP contribution in [0.1, 0.15) is 117 Å². The van der Waals surface area contributed by atoms with Crippen molar-refractivity contribution >= 4 is 0 Å². The van der Waals surface area contributed by atoms with Crippen molar-refractivity contribution in [2.75, 3.05) is 0 Å². The number of benzene rings is 4. The first-order chi connectivity index (χ1) is 28.2. The number of hydrogen-bond acceptors (Lipinski definition) is 12. The molecule has 1 aliphatic heterocycles. The maximum absolute atomic E-state index is 6.70. The van der Waals surface area contributed by atoms with Gasteiger partial charge < -0.3 is 28.4 Å². The predicted octanol–water partition coefficient (Wildman–Crippen LogP) is 11.9. The van der Waals surface area contributed by atoms with Crippen molar-refractivity contribution in [2.45, 2.75) is 118 Å². The van der Waals surface area contributed by atoms with Crippen molar-refractivity contribution in [3.8, 4) is 58.5 Å². The summed E-state index contributed by atoms with van der Waals surface area (Å²) in [6.07, 6.45) is 0. The van der Waals surface area contributed by atoms with Crippen molar-refractivity contribution in [2.24, 2.45) is 0 Å². The zero-order chi connectivity index (χ0) is 43.0. The molecule has 0 aliphatic carbocycles. The van der Waals surface area contributed by atoms with E-state index in [1.807, 2.05) is 126 Å². The summed E-state index contributed by atoms with van der Waals surface area (Å²) < 4.78 is 40.0. The van der Waals surface area contributed by atoms with E-state index in [1.54, 1.807) is 0 Å². The summed E-state index contributed by atoms with van der Waals surface area (Å²) in [7, 11) is 0. The van der Waals surface area contributed by atoms with E-state index < -0.39 is 10.8 Å². The van der Waals surface area contributed by atoms with Crippen molar-refractivity contribution < 1.29 is 28.4 Å². The third-order valence-corrected chi connectivity index (χ3v) is 9.56. The molecule has 0 fully saturated rings. The van der Waals surface area contributed by atoms with Crippen LogP contribution in [0.25, 0.3) is 0 Å². The average molecular weight is 811 g/mol. The summed E-state index contributed by atoms with van der Waals surface area (Å²) in [5.41, 5.74) is 1.88. The van der Waals surface area contributed by atoms with Gasteiger partial charge in [0.25, 0.3) is 0 Å². The minimum atomic E-state index is -0.529. The Bertz CT molecular complexity index is 2220. The summed E-state index contributed by atoms with van der Waals surface area (Å²) in [5.74, 6) is 2.69. The molecule has 8 bridgehead atoms. The molecule has 0 spiro atoms. The normalized spacial score (nSPS) is 13.0. The van der Waals surface area contributed by atoms with Crippen LogP contribution in [0, 0.1) is 0 Å². The third kappa shape index (κ3) is 9.93. The van der Waals surface area contributed by atoms with E-state index in [0.717, 1.165) is 22.3 Å². The first kappa shape index (κ1) is 41.8. The smallest absolute Gasteiger partial charge is 0.328 e. The highest BCUT2D eigenvalue weighted by atomic mass is 16.6. The standard InChI is InChI=1S/C48H54N6O6/c1-45(2,3)31-23-33-37(55-27-29-19-15-13-16-20-29)34(24-31)58-42-50-40(48(10,11)12)52-44(54-42)60-36-26-32(46(4,5)6)25-35(38(36)56-28-30-21-17-14-18-22-30)59-43-51-39(47(7,8)9)49-41(53-43)57-33/h13-26H,27-28H2,1-12H3. The Morgan fingerprint density at radius 2 is 0.667 bits per heavy atom. The van der Waals surface area contributed by atoms with Gasteiger partial charge in [-0.15, -0.1) is 9.97 Å². The number of nitrogens with zero attached hydrogens (tertiary/aromatic N) is 6. The molecule has 60 heavy (non-hydrogen) atoms. The molecule has 4 aromatic carbocycles. The quantitative estimate of drug-likeness (QED) is 0.158. The maximum atomic E-state index is 6.70. The monoisotopic (exact) mass is 810 g/mol. The second-order valence-corrected chi connectivity index (χ2v) is 19.0. The molecule has 2 aromatic heterocycles. The Labute approximate surface area is 352 Å². The van der Waals surface area contributed by atoms with Gasteiger partial charge >= 0.3 is 24.0 Å². The van der Waals surface area contributed by atoms with E-state index in [4.69, 9.17) is 58.3 Å². The average Bonchev–Trinajstić information content (AvgIpc) is 3.16. The lowest BCUT2D eigenvalue weighted by Gasteiger charge is -2.25. The number of aromatic nitrogens is 6. The van der Waals surface area contributed by atoms with Crippen molar-refractivity contribution in [3.63, 3.8) is 0 Å². The SMILES string of the molecule is CC(C)(C)c1cc2c(OCc3ccccc3)c(c1)Oc1nc(nc(C(C)(C)C)n1)Oc1cc(C(C)(C)C)cc(c1OCc1ccccc1)Oc1nc(nc(C(C)(C)C)n1)O2. The van der Waals surface area contributed by atoms with E-state index in [0.29, 0.717) is 34.6 Å². The zero-order valence-electron chi connectivity index (χ0n) is 36.6. The molecule has 12 nitrogen and oxygen atoms in total. The molecule has 12 heteroatoms. The topological polar surface area (TPSA) is 133 Å². The summed E-state index contributed by atoms with van der Waals surface area (Å²) in [5, 5.41) is 0. The minimum Gasteiger partial charge on any atom is -0.482 e. The Morgan fingerprint density at radius 1 is 0.383 bits per heavy atom. The van der Waals surface area contributed by atoms with Crippen LogP contribution in [0.5, 0.6) is 58.5 Å². The van der Waals surface area contributed by atoms with Crippen LogP contribution < -0.4 is 28.4 Å². The highest BCUT2D eigenvalue weighted by molar-refractivity contribution is 5.58. The number of ether oxygens (including phenoxy) is 6. The zero-order valence-corrected chi connectivity index (χ0v) is 36.6. The molecule has 0 atom stereocenters. The van der Waals surface area contributed by atoms with Crippen LogP contribution in [-0.4, -0.2) is 29.9 Å². The van der Waals surface area contributed by atoms with Crippen molar-refractivity contribution in [3.05, 3.63) is 119 Å². The van der Waals surface area contributed by atoms with Crippen LogP contribution in [0.2, 0.25) is 0 Å². The second-order valence-electron chi connectivity index (χ2n) is 19.0. The molecule has 6 aromatic rings.